The van der Waals surface area contributed by atoms with Gasteiger partial charge in [0, 0.05) is 19.0 Å². The first-order valence-electron chi connectivity index (χ1n) is 7.15. The first-order valence-corrected chi connectivity index (χ1v) is 7.15. The summed E-state index contributed by atoms with van der Waals surface area (Å²) in [5, 5.41) is 9.87. The van der Waals surface area contributed by atoms with E-state index < -0.39 is 5.97 Å². The molecule has 0 saturated carbocycles. The van der Waals surface area contributed by atoms with Crippen LogP contribution in [-0.2, 0) is 14.3 Å². The van der Waals surface area contributed by atoms with Crippen LogP contribution in [0.1, 0.15) is 32.6 Å². The molecule has 1 fully saturated rings. The second kappa shape index (κ2) is 11.2. The van der Waals surface area contributed by atoms with E-state index in [1.165, 1.54) is 36.8 Å². The van der Waals surface area contributed by atoms with Gasteiger partial charge in [0.25, 0.3) is 0 Å². The fourth-order valence-electron chi connectivity index (χ4n) is 1.89. The van der Waals surface area contributed by atoms with E-state index in [9.17, 15) is 9.90 Å². The molecule has 0 radical (unpaired) electrons. The van der Waals surface area contributed by atoms with Gasteiger partial charge in [-0.25, -0.2) is 0 Å². The third-order valence-electron chi connectivity index (χ3n) is 3.05. The maximum Gasteiger partial charge on any atom is 0.0782 e. The molecule has 5 heteroatoms. The summed E-state index contributed by atoms with van der Waals surface area (Å²) in [5.41, 5.74) is 0. The predicted molar refractivity (Wildman–Crippen MR) is 72.6 cm³/mol. The van der Waals surface area contributed by atoms with Crippen LogP contribution in [0.25, 0.3) is 0 Å². The van der Waals surface area contributed by atoms with Crippen molar-refractivity contribution in [2.75, 3.05) is 53.6 Å². The molecule has 1 saturated heterocycles. The van der Waals surface area contributed by atoms with E-state index in [1.54, 1.807) is 0 Å². The second-order valence-corrected chi connectivity index (χ2v) is 5.37. The lowest BCUT2D eigenvalue weighted by molar-refractivity contribution is -0.894. The zero-order valence-electron chi connectivity index (χ0n) is 12.7. The zero-order chi connectivity index (χ0) is 14.6. The summed E-state index contributed by atoms with van der Waals surface area (Å²) in [6.07, 6.45) is 4.29. The quantitative estimate of drug-likeness (QED) is 0.499. The number of hydrogen-bond donors (Lipinski definition) is 0. The number of hydrogen-bond acceptors (Lipinski definition) is 4. The average Bonchev–Trinajstić information content (AvgIpc) is 2.34. The highest BCUT2D eigenvalue weighted by Crippen LogP contribution is 2.12. The van der Waals surface area contributed by atoms with Crippen molar-refractivity contribution in [3.05, 3.63) is 0 Å². The normalized spacial score (nSPS) is 17.4. The van der Waals surface area contributed by atoms with Gasteiger partial charge in [0.05, 0.1) is 47.0 Å². The minimum Gasteiger partial charge on any atom is -0.550 e. The highest BCUT2D eigenvalue weighted by molar-refractivity contribution is 5.64. The zero-order valence-corrected chi connectivity index (χ0v) is 12.7. The van der Waals surface area contributed by atoms with Crippen molar-refractivity contribution in [2.45, 2.75) is 32.6 Å². The van der Waals surface area contributed by atoms with Crippen LogP contribution >= 0.6 is 0 Å². The third-order valence-corrected chi connectivity index (χ3v) is 3.05. The van der Waals surface area contributed by atoms with Gasteiger partial charge in [-0.2, -0.15) is 0 Å². The van der Waals surface area contributed by atoms with Gasteiger partial charge in [0.2, 0.25) is 0 Å². The minimum atomic E-state index is -1.08. The molecule has 114 valence electrons. The Morgan fingerprint density at radius 3 is 2.05 bits per heavy atom. The van der Waals surface area contributed by atoms with Crippen molar-refractivity contribution in [2.24, 2.45) is 0 Å². The molecule has 1 aliphatic heterocycles. The van der Waals surface area contributed by atoms with E-state index in [0.29, 0.717) is 19.8 Å². The van der Waals surface area contributed by atoms with Crippen LogP contribution in [0.2, 0.25) is 0 Å². The third kappa shape index (κ3) is 13.6. The molecule has 0 aromatic heterocycles. The molecule has 1 rings (SSSR count). The standard InChI is InChI=1S/C7H16N.C7H14O4/c1-8(2)6-4-3-5-7-8;1-2-10-5-6-11-4-3-7(8)9/h3-7H2,1-2H3;2-6H2,1H3,(H,8,9)/q+1;/p-1. The Kier molecular flexibility index (Phi) is 10.8. The fraction of sp³-hybridized carbons (Fsp3) is 0.929. The largest absolute Gasteiger partial charge is 0.550 e. The summed E-state index contributed by atoms with van der Waals surface area (Å²) in [7, 11) is 4.64. The molecule has 5 nitrogen and oxygen atoms in total. The number of carbonyl (C=O) groups excluding carboxylic acids is 1. The first-order chi connectivity index (χ1) is 8.98. The molecule has 1 heterocycles. The Morgan fingerprint density at radius 2 is 1.63 bits per heavy atom. The number of carbonyl (C=O) groups is 1. The van der Waals surface area contributed by atoms with Crippen molar-refractivity contribution in [1.82, 2.24) is 0 Å². The number of rotatable bonds is 7. The molecule has 0 unspecified atom stereocenters. The van der Waals surface area contributed by atoms with Crippen LogP contribution in [0.15, 0.2) is 0 Å². The van der Waals surface area contributed by atoms with Crippen LogP contribution < -0.4 is 5.11 Å². The molecule has 0 bridgehead atoms. The molecule has 0 aromatic rings. The summed E-state index contributed by atoms with van der Waals surface area (Å²) >= 11 is 0. The summed E-state index contributed by atoms with van der Waals surface area (Å²) in [6, 6.07) is 0. The van der Waals surface area contributed by atoms with Crippen LogP contribution in [0, 0.1) is 0 Å². The smallest absolute Gasteiger partial charge is 0.0782 e. The number of aliphatic carboxylic acids is 1. The van der Waals surface area contributed by atoms with Crippen molar-refractivity contribution in [3.63, 3.8) is 0 Å². The van der Waals surface area contributed by atoms with Crippen LogP contribution in [0.4, 0.5) is 0 Å². The van der Waals surface area contributed by atoms with Gasteiger partial charge >= 0.3 is 0 Å². The summed E-state index contributed by atoms with van der Waals surface area (Å²) in [6.45, 7) is 6.49. The molecule has 0 N–H and O–H groups in total. The molecule has 0 aliphatic carbocycles. The summed E-state index contributed by atoms with van der Waals surface area (Å²) in [5.74, 6) is -1.08. The minimum absolute atomic E-state index is 0.0495. The Hall–Kier alpha value is -0.650. The number of likely N-dealkylation sites (tertiary alicyclic amines) is 1. The van der Waals surface area contributed by atoms with Crippen LogP contribution in [0.3, 0.4) is 0 Å². The Balaban J connectivity index is 0.000000356. The number of quaternary nitrogens is 1. The number of piperidine rings is 1. The lowest BCUT2D eigenvalue weighted by Gasteiger charge is -2.33. The van der Waals surface area contributed by atoms with Crippen molar-refractivity contribution in [3.8, 4) is 0 Å². The molecule has 19 heavy (non-hydrogen) atoms. The topological polar surface area (TPSA) is 58.6 Å². The molecule has 0 aromatic carbocycles. The van der Waals surface area contributed by atoms with E-state index in [1.807, 2.05) is 6.92 Å². The van der Waals surface area contributed by atoms with Gasteiger partial charge in [-0.1, -0.05) is 0 Å². The summed E-state index contributed by atoms with van der Waals surface area (Å²) in [4.78, 5) is 9.87. The predicted octanol–water partition coefficient (Wildman–Crippen LogP) is 0.426. The Bertz CT molecular complexity index is 223. The molecular weight excluding hydrogens is 246 g/mol. The van der Waals surface area contributed by atoms with Crippen LogP contribution in [0.5, 0.6) is 0 Å². The van der Waals surface area contributed by atoms with Gasteiger partial charge in [0.1, 0.15) is 0 Å². The Morgan fingerprint density at radius 1 is 1.05 bits per heavy atom. The average molecular weight is 275 g/mol. The number of carboxylic acids is 1. The Labute approximate surface area is 117 Å². The first kappa shape index (κ1) is 18.4. The number of ether oxygens (including phenoxy) is 2. The van der Waals surface area contributed by atoms with Crippen molar-refractivity contribution >= 4 is 5.97 Å². The maximum atomic E-state index is 9.87. The maximum absolute atomic E-state index is 9.87. The van der Waals surface area contributed by atoms with Gasteiger partial charge in [-0.05, 0) is 26.2 Å². The van der Waals surface area contributed by atoms with E-state index >= 15 is 0 Å². The van der Waals surface area contributed by atoms with Gasteiger partial charge in [-0.15, -0.1) is 0 Å². The van der Waals surface area contributed by atoms with E-state index in [2.05, 4.69) is 14.1 Å². The molecule has 0 amide bonds. The van der Waals surface area contributed by atoms with Crippen molar-refractivity contribution in [1.29, 1.82) is 0 Å². The van der Waals surface area contributed by atoms with Gasteiger partial charge in [0.15, 0.2) is 0 Å². The van der Waals surface area contributed by atoms with Crippen LogP contribution in [-0.4, -0.2) is 64.1 Å². The van der Waals surface area contributed by atoms with E-state index in [4.69, 9.17) is 9.47 Å². The highest BCUT2D eigenvalue weighted by atomic mass is 16.5. The lowest BCUT2D eigenvalue weighted by Crippen LogP contribution is -2.43. The van der Waals surface area contributed by atoms with Gasteiger partial charge in [-0.3, -0.25) is 0 Å². The monoisotopic (exact) mass is 275 g/mol. The number of nitrogens with zero attached hydrogens (tertiary/aromatic N) is 1. The molecular formula is C14H29NO4. The molecule has 0 spiro atoms. The summed E-state index contributed by atoms with van der Waals surface area (Å²) < 4.78 is 11.1. The molecule has 1 aliphatic rings. The number of carboxylic acid groups (broad SMARTS) is 1. The van der Waals surface area contributed by atoms with E-state index in [-0.39, 0.29) is 13.0 Å². The van der Waals surface area contributed by atoms with E-state index in [0.717, 1.165) is 0 Å². The SMILES string of the molecule is CCOCCOCCC(=O)[O-].C[N+]1(C)CCCCC1. The van der Waals surface area contributed by atoms with Gasteiger partial charge < -0.3 is 23.9 Å². The second-order valence-electron chi connectivity index (χ2n) is 5.37. The fourth-order valence-corrected chi connectivity index (χ4v) is 1.89. The van der Waals surface area contributed by atoms with Crippen molar-refractivity contribution < 1.29 is 23.9 Å². The lowest BCUT2D eigenvalue weighted by atomic mass is 10.1. The highest BCUT2D eigenvalue weighted by Gasteiger charge is 2.17. The molecule has 0 atom stereocenters.